The molecule has 1 saturated heterocycles. The first-order valence-corrected chi connectivity index (χ1v) is 10.0. The van der Waals surface area contributed by atoms with E-state index in [9.17, 15) is 19.2 Å². The normalized spacial score (nSPS) is 23.9. The van der Waals surface area contributed by atoms with Crippen LogP contribution in [0.3, 0.4) is 0 Å². The molecule has 7 nitrogen and oxygen atoms in total. The van der Waals surface area contributed by atoms with E-state index < -0.39 is 11.8 Å². The van der Waals surface area contributed by atoms with Crippen molar-refractivity contribution in [1.82, 2.24) is 4.90 Å². The van der Waals surface area contributed by atoms with Crippen molar-refractivity contribution in [2.24, 2.45) is 17.6 Å². The summed E-state index contributed by atoms with van der Waals surface area (Å²) in [5.41, 5.74) is 6.84. The minimum absolute atomic E-state index is 0.287. The van der Waals surface area contributed by atoms with Crippen LogP contribution in [-0.2, 0) is 27.2 Å². The highest BCUT2D eigenvalue weighted by atomic mass is 32.1. The van der Waals surface area contributed by atoms with Gasteiger partial charge in [0.05, 0.1) is 17.4 Å². The number of nitrogens with two attached hydrogens (primary N) is 1. The van der Waals surface area contributed by atoms with Gasteiger partial charge in [0.1, 0.15) is 11.5 Å². The number of amides is 4. The molecule has 4 amide bonds. The summed E-state index contributed by atoms with van der Waals surface area (Å²) >= 11 is 1.37. The molecule has 0 unspecified atom stereocenters. The predicted molar refractivity (Wildman–Crippen MR) is 100 cm³/mol. The van der Waals surface area contributed by atoms with Crippen LogP contribution < -0.4 is 11.1 Å². The number of primary amides is 1. The van der Waals surface area contributed by atoms with Crippen LogP contribution in [0.25, 0.3) is 0 Å². The number of carbonyl (C=O) groups excluding carboxylic acids is 4. The molecule has 0 aromatic carbocycles. The molecule has 1 aliphatic heterocycles. The van der Waals surface area contributed by atoms with E-state index in [4.69, 9.17) is 5.73 Å². The molecule has 1 aromatic rings. The number of hydrogen-bond acceptors (Lipinski definition) is 5. The zero-order chi connectivity index (χ0) is 19.1. The molecule has 0 radical (unpaired) electrons. The number of imide groups is 1. The van der Waals surface area contributed by atoms with Crippen LogP contribution in [0.4, 0.5) is 5.00 Å². The van der Waals surface area contributed by atoms with Crippen LogP contribution in [0.5, 0.6) is 0 Å². The highest BCUT2D eigenvalue weighted by Crippen LogP contribution is 2.38. The van der Waals surface area contributed by atoms with E-state index in [0.717, 1.165) is 41.0 Å². The quantitative estimate of drug-likeness (QED) is 0.604. The van der Waals surface area contributed by atoms with Crippen molar-refractivity contribution in [2.45, 2.75) is 38.5 Å². The summed E-state index contributed by atoms with van der Waals surface area (Å²) in [6, 6.07) is 0. The Bertz CT molecular complexity index is 847. The van der Waals surface area contributed by atoms with E-state index in [-0.39, 0.29) is 30.2 Å². The molecule has 4 rings (SSSR count). The van der Waals surface area contributed by atoms with Crippen molar-refractivity contribution in [2.75, 3.05) is 11.9 Å². The number of nitrogens with one attached hydrogen (secondary N) is 1. The Kier molecular flexibility index (Phi) is 4.59. The number of nitrogens with zero attached hydrogens (tertiary/aromatic N) is 1. The van der Waals surface area contributed by atoms with Gasteiger partial charge in [-0.1, -0.05) is 12.2 Å². The van der Waals surface area contributed by atoms with Crippen molar-refractivity contribution < 1.29 is 19.2 Å². The van der Waals surface area contributed by atoms with Crippen molar-refractivity contribution >= 4 is 40.0 Å². The predicted octanol–water partition coefficient (Wildman–Crippen LogP) is 1.62. The largest absolute Gasteiger partial charge is 0.365 e. The third-order valence-electron chi connectivity index (χ3n) is 5.57. The fourth-order valence-electron chi connectivity index (χ4n) is 4.25. The Morgan fingerprint density at radius 2 is 1.74 bits per heavy atom. The second kappa shape index (κ2) is 6.92. The molecule has 27 heavy (non-hydrogen) atoms. The number of carbonyl (C=O) groups is 4. The molecule has 2 heterocycles. The summed E-state index contributed by atoms with van der Waals surface area (Å²) in [7, 11) is 0. The third-order valence-corrected chi connectivity index (χ3v) is 6.78. The maximum atomic E-state index is 12.5. The Balaban J connectivity index is 1.51. The average molecular weight is 387 g/mol. The molecule has 142 valence electrons. The molecule has 0 bridgehead atoms. The summed E-state index contributed by atoms with van der Waals surface area (Å²) in [4.78, 5) is 51.6. The zero-order valence-electron chi connectivity index (χ0n) is 14.8. The second-order valence-electron chi connectivity index (χ2n) is 7.25. The van der Waals surface area contributed by atoms with Gasteiger partial charge in [-0.25, -0.2) is 0 Å². The number of allylic oxidation sites excluding steroid dienone is 2. The van der Waals surface area contributed by atoms with Crippen LogP contribution >= 0.6 is 11.3 Å². The van der Waals surface area contributed by atoms with Gasteiger partial charge in [0, 0.05) is 4.88 Å². The second-order valence-corrected chi connectivity index (χ2v) is 8.35. The minimum Gasteiger partial charge on any atom is -0.365 e. The van der Waals surface area contributed by atoms with Crippen LogP contribution in [0.2, 0.25) is 0 Å². The van der Waals surface area contributed by atoms with Gasteiger partial charge in [0.15, 0.2) is 0 Å². The van der Waals surface area contributed by atoms with Crippen molar-refractivity contribution in [3.63, 3.8) is 0 Å². The first kappa shape index (κ1) is 17.9. The van der Waals surface area contributed by atoms with Crippen LogP contribution in [-0.4, -0.2) is 35.1 Å². The number of likely N-dealkylation sites (tertiary alicyclic amines) is 1. The van der Waals surface area contributed by atoms with Crippen molar-refractivity contribution in [3.8, 4) is 0 Å². The minimum atomic E-state index is -0.560. The Morgan fingerprint density at radius 1 is 1.11 bits per heavy atom. The lowest BCUT2D eigenvalue weighted by Crippen LogP contribution is -2.38. The fourth-order valence-corrected chi connectivity index (χ4v) is 5.56. The van der Waals surface area contributed by atoms with E-state index in [1.165, 1.54) is 11.3 Å². The molecule has 1 aromatic heterocycles. The maximum absolute atomic E-state index is 12.5. The van der Waals surface area contributed by atoms with Crippen LogP contribution in [0, 0.1) is 11.8 Å². The summed E-state index contributed by atoms with van der Waals surface area (Å²) in [6.45, 7) is -0.328. The Labute approximate surface area is 160 Å². The summed E-state index contributed by atoms with van der Waals surface area (Å²) in [5, 5.41) is 3.14. The van der Waals surface area contributed by atoms with Crippen molar-refractivity contribution in [3.05, 3.63) is 28.2 Å². The third kappa shape index (κ3) is 3.07. The van der Waals surface area contributed by atoms with Gasteiger partial charge in [0.2, 0.25) is 17.7 Å². The topological polar surface area (TPSA) is 110 Å². The number of anilines is 1. The maximum Gasteiger partial charge on any atom is 0.251 e. The van der Waals surface area contributed by atoms with E-state index in [0.29, 0.717) is 23.4 Å². The number of thiophene rings is 1. The zero-order valence-corrected chi connectivity index (χ0v) is 15.6. The van der Waals surface area contributed by atoms with Gasteiger partial charge in [-0.15, -0.1) is 11.3 Å². The van der Waals surface area contributed by atoms with Gasteiger partial charge in [-0.05, 0) is 44.1 Å². The summed E-state index contributed by atoms with van der Waals surface area (Å²) in [6.07, 6.45) is 8.58. The van der Waals surface area contributed by atoms with Gasteiger partial charge in [-0.2, -0.15) is 0 Å². The number of rotatable bonds is 4. The number of aryl methyl sites for hydroxylation is 1. The highest BCUT2D eigenvalue weighted by Gasteiger charge is 2.47. The van der Waals surface area contributed by atoms with Crippen LogP contribution in [0.15, 0.2) is 12.2 Å². The molecular weight excluding hydrogens is 366 g/mol. The molecular formula is C19H21N3O4S. The molecule has 2 aliphatic carbocycles. The van der Waals surface area contributed by atoms with Gasteiger partial charge >= 0.3 is 0 Å². The van der Waals surface area contributed by atoms with Gasteiger partial charge < -0.3 is 11.1 Å². The lowest BCUT2D eigenvalue weighted by Gasteiger charge is -2.14. The summed E-state index contributed by atoms with van der Waals surface area (Å²) < 4.78 is 0. The fraction of sp³-hybridized carbons (Fsp3) is 0.474. The molecule has 0 spiro atoms. The average Bonchev–Trinajstić information content (AvgIpc) is 3.12. The number of hydrogen-bond donors (Lipinski definition) is 2. The van der Waals surface area contributed by atoms with E-state index in [1.54, 1.807) is 0 Å². The number of fused-ring (bicyclic) bond motifs is 2. The highest BCUT2D eigenvalue weighted by molar-refractivity contribution is 7.17. The van der Waals surface area contributed by atoms with Crippen molar-refractivity contribution in [1.29, 1.82) is 0 Å². The Morgan fingerprint density at radius 3 is 2.37 bits per heavy atom. The van der Waals surface area contributed by atoms with E-state index >= 15 is 0 Å². The van der Waals surface area contributed by atoms with Gasteiger partial charge in [-0.3, -0.25) is 24.1 Å². The lowest BCUT2D eigenvalue weighted by atomic mass is 9.85. The first-order chi connectivity index (χ1) is 13.0. The molecule has 0 saturated carbocycles. The van der Waals surface area contributed by atoms with Gasteiger partial charge in [0.25, 0.3) is 5.91 Å². The Hall–Kier alpha value is -2.48. The molecule has 3 N–H and O–H groups in total. The monoisotopic (exact) mass is 387 g/mol. The summed E-state index contributed by atoms with van der Waals surface area (Å²) in [5.74, 6) is -2.33. The molecule has 2 atom stereocenters. The first-order valence-electron chi connectivity index (χ1n) is 9.21. The SMILES string of the molecule is NC(=O)c1c(NC(=O)CN2C(=O)[C@@H]3CC=CC[C@H]3C2=O)sc2c1CCCC2. The smallest absolute Gasteiger partial charge is 0.251 e. The van der Waals surface area contributed by atoms with E-state index in [2.05, 4.69) is 5.32 Å². The molecule has 1 fully saturated rings. The standard InChI is InChI=1S/C19H21N3O4S/c20-16(24)15-12-7-3-4-8-13(12)27-17(15)21-14(23)9-22-18(25)10-5-1-2-6-11(10)19(22)26/h1-2,10-11H,3-9H2,(H2,20,24)(H,21,23)/t10-,11-/m1/s1. The molecule has 3 aliphatic rings. The van der Waals surface area contributed by atoms with E-state index in [1.807, 2.05) is 12.2 Å². The lowest BCUT2D eigenvalue weighted by molar-refractivity contribution is -0.142. The molecule has 8 heteroatoms. The van der Waals surface area contributed by atoms with Crippen LogP contribution in [0.1, 0.15) is 46.5 Å².